The van der Waals surface area contributed by atoms with Gasteiger partial charge in [0, 0.05) is 24.2 Å². The summed E-state index contributed by atoms with van der Waals surface area (Å²) in [5, 5.41) is 5.68. The molecule has 0 bridgehead atoms. The van der Waals surface area contributed by atoms with Gasteiger partial charge >= 0.3 is 0 Å². The zero-order valence-electron chi connectivity index (χ0n) is 14.7. The molecule has 2 amide bonds. The maximum absolute atomic E-state index is 12.0. The van der Waals surface area contributed by atoms with E-state index in [1.807, 2.05) is 64.1 Å². The molecule has 0 aliphatic rings. The minimum Gasteiger partial charge on any atom is -0.326 e. The van der Waals surface area contributed by atoms with Crippen molar-refractivity contribution in [2.75, 3.05) is 10.6 Å². The van der Waals surface area contributed by atoms with Crippen LogP contribution in [0.5, 0.6) is 0 Å². The second kappa shape index (κ2) is 7.77. The average Bonchev–Trinajstić information content (AvgIpc) is 2.42. The summed E-state index contributed by atoms with van der Waals surface area (Å²) in [5.74, 6) is -0.314. The lowest BCUT2D eigenvalue weighted by Crippen LogP contribution is -2.17. The van der Waals surface area contributed by atoms with Gasteiger partial charge in [0.2, 0.25) is 11.8 Å². The molecule has 4 nitrogen and oxygen atoms in total. The molecule has 0 unspecified atom stereocenters. The Kier molecular flexibility index (Phi) is 5.74. The summed E-state index contributed by atoms with van der Waals surface area (Å²) in [6.45, 7) is 7.94. The molecule has 0 saturated carbocycles. The van der Waals surface area contributed by atoms with Crippen LogP contribution in [-0.2, 0) is 9.59 Å². The van der Waals surface area contributed by atoms with E-state index in [1.165, 1.54) is 0 Å². The van der Waals surface area contributed by atoms with Crippen LogP contribution in [0.2, 0.25) is 0 Å². The summed E-state index contributed by atoms with van der Waals surface area (Å²) >= 11 is 0. The number of benzene rings is 2. The fourth-order valence-corrected chi connectivity index (χ4v) is 2.77. The normalized spacial score (nSPS) is 10.3. The number of nitrogens with one attached hydrogen (secondary N) is 2. The first-order valence-corrected chi connectivity index (χ1v) is 8.08. The molecule has 0 spiro atoms. The highest BCUT2D eigenvalue weighted by Gasteiger charge is 2.08. The number of hydrogen-bond donors (Lipinski definition) is 2. The smallest absolute Gasteiger partial charge is 0.224 e. The Morgan fingerprint density at radius 1 is 0.625 bits per heavy atom. The Morgan fingerprint density at radius 3 is 1.21 bits per heavy atom. The third-order valence-corrected chi connectivity index (χ3v) is 3.59. The van der Waals surface area contributed by atoms with Crippen molar-refractivity contribution in [1.82, 2.24) is 0 Å². The van der Waals surface area contributed by atoms with E-state index in [0.29, 0.717) is 0 Å². The Morgan fingerprint density at radius 2 is 0.917 bits per heavy atom. The van der Waals surface area contributed by atoms with Gasteiger partial charge < -0.3 is 10.6 Å². The minimum absolute atomic E-state index is 0.156. The van der Waals surface area contributed by atoms with Crippen molar-refractivity contribution < 1.29 is 9.59 Å². The van der Waals surface area contributed by atoms with Gasteiger partial charge in [0.15, 0.2) is 0 Å². The predicted octanol–water partition coefficient (Wildman–Crippen LogP) is 4.28. The first kappa shape index (κ1) is 17.7. The second-order valence-corrected chi connectivity index (χ2v) is 6.35. The monoisotopic (exact) mass is 324 g/mol. The van der Waals surface area contributed by atoms with Crippen molar-refractivity contribution in [3.63, 3.8) is 0 Å². The number of carbonyl (C=O) groups is 2. The van der Waals surface area contributed by atoms with Crippen LogP contribution in [0, 0.1) is 27.7 Å². The Balaban J connectivity index is 1.85. The molecule has 2 aromatic carbocycles. The first-order chi connectivity index (χ1) is 11.3. The van der Waals surface area contributed by atoms with Gasteiger partial charge in [0.25, 0.3) is 0 Å². The molecule has 0 aromatic heterocycles. The van der Waals surface area contributed by atoms with E-state index in [0.717, 1.165) is 33.6 Å². The average molecular weight is 324 g/mol. The fourth-order valence-electron chi connectivity index (χ4n) is 2.77. The van der Waals surface area contributed by atoms with Crippen LogP contribution in [0.15, 0.2) is 36.4 Å². The summed E-state index contributed by atoms with van der Waals surface area (Å²) in [6.07, 6.45) is 0.313. The molecule has 24 heavy (non-hydrogen) atoms. The molecule has 2 aromatic rings. The number of anilines is 2. The summed E-state index contributed by atoms with van der Waals surface area (Å²) < 4.78 is 0. The van der Waals surface area contributed by atoms with Crippen LogP contribution in [0.4, 0.5) is 11.4 Å². The third kappa shape index (κ3) is 5.54. The van der Waals surface area contributed by atoms with Crippen molar-refractivity contribution in [2.45, 2.75) is 40.5 Å². The molecule has 0 aliphatic carbocycles. The highest BCUT2D eigenvalue weighted by molar-refractivity contribution is 5.96. The molecule has 2 N–H and O–H groups in total. The Hall–Kier alpha value is -2.62. The minimum atomic E-state index is -0.157. The van der Waals surface area contributed by atoms with Crippen LogP contribution < -0.4 is 10.6 Å². The second-order valence-electron chi connectivity index (χ2n) is 6.35. The summed E-state index contributed by atoms with van der Waals surface area (Å²) in [4.78, 5) is 24.0. The van der Waals surface area contributed by atoms with Crippen LogP contribution in [0.3, 0.4) is 0 Å². The number of carbonyl (C=O) groups excluding carboxylic acids is 2. The van der Waals surface area contributed by atoms with Gasteiger partial charge in [-0.1, -0.05) is 12.1 Å². The van der Waals surface area contributed by atoms with Gasteiger partial charge in [0.05, 0.1) is 0 Å². The lowest BCUT2D eigenvalue weighted by molar-refractivity contribution is -0.121. The number of hydrogen-bond acceptors (Lipinski definition) is 2. The van der Waals surface area contributed by atoms with Crippen LogP contribution in [0.25, 0.3) is 0 Å². The van der Waals surface area contributed by atoms with E-state index in [4.69, 9.17) is 0 Å². The van der Waals surface area contributed by atoms with E-state index in [-0.39, 0.29) is 24.7 Å². The van der Waals surface area contributed by atoms with Crippen LogP contribution in [0.1, 0.15) is 35.1 Å². The SMILES string of the molecule is Cc1cc(C)cc(NC(=O)CCC(=O)Nc2cc(C)cc(C)c2)c1. The molecule has 0 radical (unpaired) electrons. The van der Waals surface area contributed by atoms with Crippen molar-refractivity contribution in [2.24, 2.45) is 0 Å². The fraction of sp³-hybridized carbons (Fsp3) is 0.300. The summed E-state index contributed by atoms with van der Waals surface area (Å²) in [6, 6.07) is 11.8. The molecule has 2 rings (SSSR count). The molecule has 0 aliphatic heterocycles. The van der Waals surface area contributed by atoms with Gasteiger partial charge in [-0.25, -0.2) is 0 Å². The predicted molar refractivity (Wildman–Crippen MR) is 98.3 cm³/mol. The van der Waals surface area contributed by atoms with Gasteiger partial charge in [0.1, 0.15) is 0 Å². The van der Waals surface area contributed by atoms with Crippen molar-refractivity contribution in [3.05, 3.63) is 58.7 Å². The topological polar surface area (TPSA) is 58.2 Å². The van der Waals surface area contributed by atoms with Gasteiger partial charge in [-0.2, -0.15) is 0 Å². The van der Waals surface area contributed by atoms with E-state index in [9.17, 15) is 9.59 Å². The number of amides is 2. The zero-order valence-corrected chi connectivity index (χ0v) is 14.7. The van der Waals surface area contributed by atoms with Crippen molar-refractivity contribution in [1.29, 1.82) is 0 Å². The van der Waals surface area contributed by atoms with Crippen LogP contribution >= 0.6 is 0 Å². The van der Waals surface area contributed by atoms with Crippen LogP contribution in [-0.4, -0.2) is 11.8 Å². The molecule has 0 fully saturated rings. The molecule has 4 heteroatoms. The standard InChI is InChI=1S/C20H24N2O2/c1-13-7-14(2)10-17(9-13)21-19(23)5-6-20(24)22-18-11-15(3)8-16(4)12-18/h7-12H,5-6H2,1-4H3,(H,21,23)(H,22,24). The van der Waals surface area contributed by atoms with E-state index in [1.54, 1.807) is 0 Å². The molecule has 126 valence electrons. The van der Waals surface area contributed by atoms with Crippen molar-refractivity contribution >= 4 is 23.2 Å². The molecule has 0 heterocycles. The van der Waals surface area contributed by atoms with Gasteiger partial charge in [-0.15, -0.1) is 0 Å². The largest absolute Gasteiger partial charge is 0.326 e. The quantitative estimate of drug-likeness (QED) is 0.862. The summed E-state index contributed by atoms with van der Waals surface area (Å²) in [5.41, 5.74) is 5.92. The maximum atomic E-state index is 12.0. The summed E-state index contributed by atoms with van der Waals surface area (Å²) in [7, 11) is 0. The highest BCUT2D eigenvalue weighted by atomic mass is 16.2. The van der Waals surface area contributed by atoms with E-state index in [2.05, 4.69) is 10.6 Å². The molecular formula is C20H24N2O2. The zero-order chi connectivity index (χ0) is 17.7. The number of rotatable bonds is 5. The van der Waals surface area contributed by atoms with Gasteiger partial charge in [-0.05, 0) is 74.2 Å². The van der Waals surface area contributed by atoms with Crippen molar-refractivity contribution in [3.8, 4) is 0 Å². The van der Waals surface area contributed by atoms with E-state index < -0.39 is 0 Å². The van der Waals surface area contributed by atoms with Gasteiger partial charge in [-0.3, -0.25) is 9.59 Å². The molecule has 0 atom stereocenters. The van der Waals surface area contributed by atoms with E-state index >= 15 is 0 Å². The lowest BCUT2D eigenvalue weighted by Gasteiger charge is -2.09. The first-order valence-electron chi connectivity index (χ1n) is 8.08. The third-order valence-electron chi connectivity index (χ3n) is 3.59. The lowest BCUT2D eigenvalue weighted by atomic mass is 10.1. The molecule has 0 saturated heterocycles. The Bertz CT molecular complexity index is 660. The maximum Gasteiger partial charge on any atom is 0.224 e. The highest BCUT2D eigenvalue weighted by Crippen LogP contribution is 2.15. The number of aryl methyl sites for hydroxylation is 4. The molecular weight excluding hydrogens is 300 g/mol. The Labute approximate surface area is 143 Å².